The zero-order valence-corrected chi connectivity index (χ0v) is 25.4. The van der Waals surface area contributed by atoms with Crippen LogP contribution in [-0.4, -0.2) is 5.78 Å². The molecule has 0 amide bonds. The van der Waals surface area contributed by atoms with Crippen LogP contribution >= 0.6 is 11.6 Å². The number of para-hydroxylation sites is 1. The van der Waals surface area contributed by atoms with Crippen LogP contribution in [0.5, 0.6) is 5.75 Å². The molecular formula is C35H35ClFN3O2. The van der Waals surface area contributed by atoms with Gasteiger partial charge in [-0.3, -0.25) is 9.69 Å². The molecule has 0 bridgehead atoms. The molecule has 3 aromatic carbocycles. The van der Waals surface area contributed by atoms with Crippen LogP contribution in [-0.2, 0) is 17.8 Å². The largest absolute Gasteiger partial charge is 0.487 e. The van der Waals surface area contributed by atoms with E-state index in [0.29, 0.717) is 35.6 Å². The summed E-state index contributed by atoms with van der Waals surface area (Å²) in [5.74, 6) is -0.287. The first-order valence-electron chi connectivity index (χ1n) is 14.2. The maximum Gasteiger partial charge on any atom is 0.162 e. The minimum Gasteiger partial charge on any atom is -0.487 e. The third-order valence-corrected chi connectivity index (χ3v) is 8.58. The van der Waals surface area contributed by atoms with Gasteiger partial charge in [0.15, 0.2) is 5.78 Å². The summed E-state index contributed by atoms with van der Waals surface area (Å²) in [6.07, 6.45) is 1.81. The molecule has 2 N–H and O–H groups in total. The molecule has 1 atom stereocenters. The second-order valence-corrected chi connectivity index (χ2v) is 12.4. The summed E-state index contributed by atoms with van der Waals surface area (Å²) in [5, 5.41) is 10.8. The molecule has 42 heavy (non-hydrogen) atoms. The van der Waals surface area contributed by atoms with Crippen LogP contribution in [0.25, 0.3) is 0 Å². The van der Waals surface area contributed by atoms with Crippen LogP contribution in [0, 0.1) is 36.4 Å². The number of nitrogens with zero attached hydrogens (tertiary/aromatic N) is 2. The molecule has 7 heteroatoms. The number of rotatable bonds is 6. The van der Waals surface area contributed by atoms with E-state index in [0.717, 1.165) is 45.6 Å². The summed E-state index contributed by atoms with van der Waals surface area (Å²) >= 11 is 6.21. The van der Waals surface area contributed by atoms with Crippen molar-refractivity contribution in [1.82, 2.24) is 0 Å². The first-order chi connectivity index (χ1) is 20.0. The summed E-state index contributed by atoms with van der Waals surface area (Å²) in [6.45, 7) is 10.4. The Bertz CT molecular complexity index is 1700. The highest BCUT2D eigenvalue weighted by Crippen LogP contribution is 2.51. The molecule has 1 aliphatic heterocycles. The fourth-order valence-corrected chi connectivity index (χ4v) is 6.51. The highest BCUT2D eigenvalue weighted by atomic mass is 35.5. The van der Waals surface area contributed by atoms with Crippen molar-refractivity contribution in [1.29, 1.82) is 5.26 Å². The van der Waals surface area contributed by atoms with Crippen molar-refractivity contribution in [3.05, 3.63) is 116 Å². The summed E-state index contributed by atoms with van der Waals surface area (Å²) < 4.78 is 19.6. The second kappa shape index (κ2) is 11.3. The van der Waals surface area contributed by atoms with Gasteiger partial charge < -0.3 is 10.5 Å². The van der Waals surface area contributed by atoms with E-state index in [1.54, 1.807) is 0 Å². The van der Waals surface area contributed by atoms with Gasteiger partial charge in [-0.05, 0) is 78.6 Å². The van der Waals surface area contributed by atoms with E-state index in [1.807, 2.05) is 49.1 Å². The number of hydrogen-bond donors (Lipinski definition) is 1. The number of carbonyl (C=O) groups is 1. The minimum atomic E-state index is -0.605. The molecule has 0 radical (unpaired) electrons. The van der Waals surface area contributed by atoms with Crippen molar-refractivity contribution in [3.63, 3.8) is 0 Å². The van der Waals surface area contributed by atoms with Crippen LogP contribution in [0.4, 0.5) is 10.1 Å². The minimum absolute atomic E-state index is 0.0299. The van der Waals surface area contributed by atoms with Crippen molar-refractivity contribution >= 4 is 23.1 Å². The average Bonchev–Trinajstić information content (AvgIpc) is 2.93. The predicted octanol–water partition coefficient (Wildman–Crippen LogP) is 8.18. The molecule has 1 aliphatic carbocycles. The van der Waals surface area contributed by atoms with Gasteiger partial charge in [0.25, 0.3) is 0 Å². The Morgan fingerprint density at radius 3 is 2.55 bits per heavy atom. The molecule has 3 aromatic rings. The van der Waals surface area contributed by atoms with Gasteiger partial charge in [0.2, 0.25) is 0 Å². The van der Waals surface area contributed by atoms with Gasteiger partial charge in [0, 0.05) is 17.7 Å². The molecule has 0 saturated heterocycles. The van der Waals surface area contributed by atoms with E-state index < -0.39 is 11.7 Å². The lowest BCUT2D eigenvalue weighted by Gasteiger charge is -2.44. The van der Waals surface area contributed by atoms with Gasteiger partial charge in [-0.25, -0.2) is 4.39 Å². The predicted molar refractivity (Wildman–Crippen MR) is 165 cm³/mol. The third kappa shape index (κ3) is 5.30. The van der Waals surface area contributed by atoms with Gasteiger partial charge in [-0.15, -0.1) is 0 Å². The topological polar surface area (TPSA) is 79.3 Å². The van der Waals surface area contributed by atoms with Gasteiger partial charge >= 0.3 is 0 Å². The molecule has 216 valence electrons. The number of halogens is 2. The maximum absolute atomic E-state index is 14.1. The Balaban J connectivity index is 1.68. The van der Waals surface area contributed by atoms with Crippen LogP contribution in [0.2, 0.25) is 5.02 Å². The van der Waals surface area contributed by atoms with Crippen molar-refractivity contribution in [2.45, 2.75) is 66.4 Å². The lowest BCUT2D eigenvalue weighted by atomic mass is 9.67. The van der Waals surface area contributed by atoms with E-state index in [4.69, 9.17) is 22.1 Å². The Hall–Kier alpha value is -4.08. The van der Waals surface area contributed by atoms with Crippen LogP contribution in [0.15, 0.2) is 77.3 Å². The van der Waals surface area contributed by atoms with Crippen molar-refractivity contribution in [2.24, 2.45) is 11.1 Å². The van der Waals surface area contributed by atoms with Gasteiger partial charge in [0.1, 0.15) is 24.0 Å². The second-order valence-electron chi connectivity index (χ2n) is 12.0. The van der Waals surface area contributed by atoms with E-state index >= 15 is 0 Å². The molecular weight excluding hydrogens is 549 g/mol. The Morgan fingerprint density at radius 1 is 1.12 bits per heavy atom. The summed E-state index contributed by atoms with van der Waals surface area (Å²) in [5.41, 5.74) is 14.1. The van der Waals surface area contributed by atoms with Gasteiger partial charge in [-0.2, -0.15) is 5.26 Å². The smallest absolute Gasteiger partial charge is 0.162 e. The highest BCUT2D eigenvalue weighted by molar-refractivity contribution is 6.32. The third-order valence-electron chi connectivity index (χ3n) is 8.28. The number of ketones is 1. The zero-order valence-electron chi connectivity index (χ0n) is 24.6. The molecule has 5 rings (SSSR count). The lowest BCUT2D eigenvalue weighted by Crippen LogP contribution is -2.42. The molecule has 0 fully saturated rings. The Labute approximate surface area is 252 Å². The fraction of sp³-hybridized carbons (Fsp3) is 0.314. The number of Topliss-reactive ketones (excluding diaryl/α,β-unsaturated/α-hetero) is 1. The van der Waals surface area contributed by atoms with Gasteiger partial charge in [-0.1, -0.05) is 68.3 Å². The molecule has 0 spiro atoms. The number of nitrogens with two attached hydrogens (primary N) is 1. The van der Waals surface area contributed by atoms with Crippen LogP contribution in [0.1, 0.15) is 67.3 Å². The fourth-order valence-electron chi connectivity index (χ4n) is 6.28. The molecule has 5 nitrogen and oxygen atoms in total. The Morgan fingerprint density at radius 2 is 1.86 bits per heavy atom. The quantitative estimate of drug-likeness (QED) is 0.316. The summed E-state index contributed by atoms with van der Waals surface area (Å²) in [7, 11) is 0. The summed E-state index contributed by atoms with van der Waals surface area (Å²) in [6, 6.07) is 18.5. The zero-order chi connectivity index (χ0) is 30.3. The van der Waals surface area contributed by atoms with Crippen LogP contribution in [0.3, 0.4) is 0 Å². The standard InChI is InChI=1S/C35H35ClFN3O2/c1-6-22-9-7-8-10-28(22)40-29-16-35(4,5)17-30(41)33(29)32(26(18-38)34(40)39)25-14-20(2)13-23(21(25)3)19-42-31-12-11-24(37)15-27(31)36/h7-15,32H,6,16-17,19,39H2,1-5H3. The number of aryl methyl sites for hydroxylation is 2. The number of anilines is 1. The molecule has 2 aliphatic rings. The Kier molecular flexibility index (Phi) is 7.92. The number of nitriles is 1. The van der Waals surface area contributed by atoms with E-state index in [1.165, 1.54) is 18.2 Å². The van der Waals surface area contributed by atoms with Crippen molar-refractivity contribution in [3.8, 4) is 11.8 Å². The number of hydrogen-bond acceptors (Lipinski definition) is 5. The molecule has 0 saturated carbocycles. The van der Waals surface area contributed by atoms with Crippen molar-refractivity contribution in [2.75, 3.05) is 4.90 Å². The molecule has 0 aromatic heterocycles. The normalized spacial score (nSPS) is 18.2. The first kappa shape index (κ1) is 29.4. The van der Waals surface area contributed by atoms with Gasteiger partial charge in [0.05, 0.1) is 28.3 Å². The molecule has 1 unspecified atom stereocenters. The van der Waals surface area contributed by atoms with E-state index in [-0.39, 0.29) is 22.8 Å². The van der Waals surface area contributed by atoms with Crippen LogP contribution < -0.4 is 15.4 Å². The number of allylic oxidation sites excluding steroid dienone is 3. The van der Waals surface area contributed by atoms with E-state index in [2.05, 4.69) is 32.9 Å². The maximum atomic E-state index is 14.1. The summed E-state index contributed by atoms with van der Waals surface area (Å²) in [4.78, 5) is 16.0. The van der Waals surface area contributed by atoms with E-state index in [9.17, 15) is 14.4 Å². The monoisotopic (exact) mass is 583 g/mol. The highest BCUT2D eigenvalue weighted by Gasteiger charge is 2.45. The van der Waals surface area contributed by atoms with Crippen molar-refractivity contribution < 1.29 is 13.9 Å². The number of ether oxygens (including phenoxy) is 1. The first-order valence-corrected chi connectivity index (χ1v) is 14.6. The number of carbonyl (C=O) groups excluding carboxylic acids is 1. The molecule has 1 heterocycles. The SMILES string of the molecule is CCc1ccccc1N1C(N)=C(C#N)C(c2cc(C)cc(COc3ccc(F)cc3Cl)c2C)C2=C1CC(C)(C)CC2=O. The average molecular weight is 584 g/mol. The lowest BCUT2D eigenvalue weighted by molar-refractivity contribution is -0.118. The number of benzene rings is 3.